The van der Waals surface area contributed by atoms with Gasteiger partial charge in [0, 0.05) is 6.04 Å². The Morgan fingerprint density at radius 2 is 2.11 bits per heavy atom. The van der Waals surface area contributed by atoms with Crippen molar-refractivity contribution >= 4 is 5.97 Å². The van der Waals surface area contributed by atoms with Crippen LogP contribution < -0.4 is 5.32 Å². The molecule has 0 bridgehead atoms. The molecule has 0 heterocycles. The fourth-order valence-corrected chi connectivity index (χ4v) is 3.61. The first-order valence-corrected chi connectivity index (χ1v) is 7.22. The Kier molecular flexibility index (Phi) is 4.44. The van der Waals surface area contributed by atoms with E-state index < -0.39 is 5.97 Å². The highest BCUT2D eigenvalue weighted by atomic mass is 16.4. The van der Waals surface area contributed by atoms with Crippen LogP contribution in [-0.2, 0) is 4.79 Å². The van der Waals surface area contributed by atoms with Crippen LogP contribution in [0.2, 0.25) is 0 Å². The van der Waals surface area contributed by atoms with Gasteiger partial charge in [0.25, 0.3) is 0 Å². The second-order valence-electron chi connectivity index (χ2n) is 6.15. The summed E-state index contributed by atoms with van der Waals surface area (Å²) in [6, 6.07) is 0.0619. The summed E-state index contributed by atoms with van der Waals surface area (Å²) in [6.07, 6.45) is 8.97. The first-order chi connectivity index (χ1) is 8.56. The third kappa shape index (κ3) is 3.35. The quantitative estimate of drug-likeness (QED) is 0.755. The molecule has 2 N–H and O–H groups in total. The maximum atomic E-state index is 11.5. The molecule has 0 aromatic carbocycles. The largest absolute Gasteiger partial charge is 0.480 e. The molecular weight excluding hydrogens is 226 g/mol. The van der Waals surface area contributed by atoms with Gasteiger partial charge in [-0.2, -0.15) is 0 Å². The number of nitrogens with one attached hydrogen (secondary N) is 1. The van der Waals surface area contributed by atoms with E-state index in [1.807, 2.05) is 0 Å². The summed E-state index contributed by atoms with van der Waals surface area (Å²) in [5.74, 6) is 0.0906. The van der Waals surface area contributed by atoms with Crippen molar-refractivity contribution in [3.63, 3.8) is 0 Å². The zero-order valence-corrected chi connectivity index (χ0v) is 11.5. The zero-order chi connectivity index (χ0) is 13.1. The molecule has 0 spiro atoms. The van der Waals surface area contributed by atoms with Crippen molar-refractivity contribution in [1.82, 2.24) is 5.32 Å². The number of carboxylic acids is 1. The van der Waals surface area contributed by atoms with Crippen LogP contribution in [-0.4, -0.2) is 23.2 Å². The van der Waals surface area contributed by atoms with Crippen LogP contribution in [0.4, 0.5) is 0 Å². The maximum Gasteiger partial charge on any atom is 0.321 e. The highest BCUT2D eigenvalue weighted by Crippen LogP contribution is 2.31. The molecule has 18 heavy (non-hydrogen) atoms. The second kappa shape index (κ2) is 5.87. The van der Waals surface area contributed by atoms with E-state index in [1.165, 1.54) is 18.4 Å². The lowest BCUT2D eigenvalue weighted by Gasteiger charge is -2.32. The molecule has 0 amide bonds. The molecule has 2 aliphatic rings. The molecule has 1 fully saturated rings. The SMILES string of the molecule is CC1=CC(C)CC(C(NC2CCCC2)C(=O)O)C1. The van der Waals surface area contributed by atoms with E-state index in [9.17, 15) is 9.90 Å². The number of aliphatic carboxylic acids is 1. The third-order valence-electron chi connectivity index (χ3n) is 4.34. The Bertz CT molecular complexity index is 331. The predicted octanol–water partition coefficient (Wildman–Crippen LogP) is 2.96. The van der Waals surface area contributed by atoms with E-state index >= 15 is 0 Å². The lowest BCUT2D eigenvalue weighted by atomic mass is 9.79. The predicted molar refractivity (Wildman–Crippen MR) is 72.5 cm³/mol. The van der Waals surface area contributed by atoms with Gasteiger partial charge in [0.1, 0.15) is 6.04 Å². The van der Waals surface area contributed by atoms with Gasteiger partial charge in [-0.05, 0) is 44.4 Å². The van der Waals surface area contributed by atoms with Crippen molar-refractivity contribution in [2.75, 3.05) is 0 Å². The lowest BCUT2D eigenvalue weighted by molar-refractivity contribution is -0.141. The minimum atomic E-state index is -0.672. The van der Waals surface area contributed by atoms with Crippen LogP contribution in [0, 0.1) is 11.8 Å². The van der Waals surface area contributed by atoms with Crippen LogP contribution in [0.25, 0.3) is 0 Å². The van der Waals surface area contributed by atoms with Gasteiger partial charge in [-0.25, -0.2) is 0 Å². The normalized spacial score (nSPS) is 31.1. The average molecular weight is 251 g/mol. The van der Waals surface area contributed by atoms with Gasteiger partial charge in [0.05, 0.1) is 0 Å². The summed E-state index contributed by atoms with van der Waals surface area (Å²) in [6.45, 7) is 4.31. The van der Waals surface area contributed by atoms with E-state index in [0.717, 1.165) is 25.7 Å². The van der Waals surface area contributed by atoms with Gasteiger partial charge in [0.15, 0.2) is 0 Å². The number of hydrogen-bond acceptors (Lipinski definition) is 2. The van der Waals surface area contributed by atoms with Crippen molar-refractivity contribution in [2.24, 2.45) is 11.8 Å². The van der Waals surface area contributed by atoms with Crippen molar-refractivity contribution in [3.05, 3.63) is 11.6 Å². The molecule has 2 rings (SSSR count). The van der Waals surface area contributed by atoms with Crippen LogP contribution in [0.15, 0.2) is 11.6 Å². The first kappa shape index (κ1) is 13.6. The van der Waals surface area contributed by atoms with E-state index in [-0.39, 0.29) is 12.0 Å². The Labute approximate surface area is 110 Å². The Morgan fingerprint density at radius 1 is 1.44 bits per heavy atom. The van der Waals surface area contributed by atoms with E-state index in [0.29, 0.717) is 12.0 Å². The molecule has 3 atom stereocenters. The van der Waals surface area contributed by atoms with E-state index in [2.05, 4.69) is 25.2 Å². The third-order valence-corrected chi connectivity index (χ3v) is 4.34. The maximum absolute atomic E-state index is 11.5. The molecule has 0 radical (unpaired) electrons. The number of carbonyl (C=O) groups is 1. The molecule has 3 heteroatoms. The molecule has 0 saturated heterocycles. The number of hydrogen-bond donors (Lipinski definition) is 2. The minimum Gasteiger partial charge on any atom is -0.480 e. The summed E-state index contributed by atoms with van der Waals surface area (Å²) in [5.41, 5.74) is 1.35. The summed E-state index contributed by atoms with van der Waals surface area (Å²) in [4.78, 5) is 11.5. The van der Waals surface area contributed by atoms with Crippen LogP contribution >= 0.6 is 0 Å². The number of rotatable bonds is 4. The topological polar surface area (TPSA) is 49.3 Å². The smallest absolute Gasteiger partial charge is 0.321 e. The number of carboxylic acid groups (broad SMARTS) is 1. The van der Waals surface area contributed by atoms with E-state index in [1.54, 1.807) is 0 Å². The fourth-order valence-electron chi connectivity index (χ4n) is 3.61. The zero-order valence-electron chi connectivity index (χ0n) is 11.5. The van der Waals surface area contributed by atoms with Crippen molar-refractivity contribution in [1.29, 1.82) is 0 Å². The molecule has 1 saturated carbocycles. The number of allylic oxidation sites excluding steroid dienone is 2. The molecule has 3 nitrogen and oxygen atoms in total. The van der Waals surface area contributed by atoms with Crippen molar-refractivity contribution < 1.29 is 9.90 Å². The Morgan fingerprint density at radius 3 is 2.67 bits per heavy atom. The van der Waals surface area contributed by atoms with Gasteiger partial charge in [-0.3, -0.25) is 4.79 Å². The summed E-state index contributed by atoms with van der Waals surface area (Å²) in [5, 5.41) is 12.9. The Balaban J connectivity index is 2.00. The first-order valence-electron chi connectivity index (χ1n) is 7.22. The molecule has 2 aliphatic carbocycles. The van der Waals surface area contributed by atoms with E-state index in [4.69, 9.17) is 0 Å². The van der Waals surface area contributed by atoms with Gasteiger partial charge < -0.3 is 10.4 Å². The highest BCUT2D eigenvalue weighted by Gasteiger charge is 2.33. The van der Waals surface area contributed by atoms with Gasteiger partial charge in [-0.1, -0.05) is 31.4 Å². The van der Waals surface area contributed by atoms with Crippen LogP contribution in [0.5, 0.6) is 0 Å². The second-order valence-corrected chi connectivity index (χ2v) is 6.15. The van der Waals surface area contributed by atoms with Gasteiger partial charge >= 0.3 is 5.97 Å². The molecule has 102 valence electrons. The fraction of sp³-hybridized carbons (Fsp3) is 0.800. The molecular formula is C15H25NO2. The molecule has 0 aromatic rings. The van der Waals surface area contributed by atoms with Crippen molar-refractivity contribution in [2.45, 2.75) is 64.5 Å². The average Bonchev–Trinajstić information content (AvgIpc) is 2.76. The molecule has 0 aliphatic heterocycles. The van der Waals surface area contributed by atoms with Gasteiger partial charge in [-0.15, -0.1) is 0 Å². The van der Waals surface area contributed by atoms with Crippen molar-refractivity contribution in [3.8, 4) is 0 Å². The monoisotopic (exact) mass is 251 g/mol. The van der Waals surface area contributed by atoms with Crippen LogP contribution in [0.1, 0.15) is 52.4 Å². The Hall–Kier alpha value is -0.830. The molecule has 3 unspecified atom stereocenters. The lowest BCUT2D eigenvalue weighted by Crippen LogP contribution is -2.48. The molecule has 0 aromatic heterocycles. The van der Waals surface area contributed by atoms with Gasteiger partial charge in [0.2, 0.25) is 0 Å². The van der Waals surface area contributed by atoms with Crippen LogP contribution in [0.3, 0.4) is 0 Å². The summed E-state index contributed by atoms with van der Waals surface area (Å²) >= 11 is 0. The summed E-state index contributed by atoms with van der Waals surface area (Å²) in [7, 11) is 0. The summed E-state index contributed by atoms with van der Waals surface area (Å²) < 4.78 is 0. The standard InChI is InChI=1S/C15H25NO2/c1-10-7-11(2)9-12(8-10)14(15(17)18)16-13-5-3-4-6-13/h7,10,12-14,16H,3-6,8-9H2,1-2H3,(H,17,18). The minimum absolute atomic E-state index is 0.253. The highest BCUT2D eigenvalue weighted by molar-refractivity contribution is 5.74.